The second-order valence-corrected chi connectivity index (χ2v) is 8.06. The van der Waals surface area contributed by atoms with Crippen LogP contribution in [-0.4, -0.2) is 48.9 Å². The van der Waals surface area contributed by atoms with Gasteiger partial charge in [0.25, 0.3) is 5.91 Å². The maximum absolute atomic E-state index is 12.6. The average Bonchev–Trinajstić information content (AvgIpc) is 2.81. The minimum atomic E-state index is -0.114. The molecule has 1 saturated heterocycles. The molecule has 2 aromatic carbocycles. The number of benzene rings is 2. The highest BCUT2D eigenvalue weighted by molar-refractivity contribution is 5.97. The van der Waals surface area contributed by atoms with Crippen molar-refractivity contribution in [2.75, 3.05) is 26.2 Å². The molecule has 3 N–H and O–H groups in total. The summed E-state index contributed by atoms with van der Waals surface area (Å²) in [7, 11) is 0. The summed E-state index contributed by atoms with van der Waals surface area (Å²) >= 11 is 0. The highest BCUT2D eigenvalue weighted by Gasteiger charge is 2.22. The van der Waals surface area contributed by atoms with Crippen LogP contribution in [0.3, 0.4) is 0 Å². The zero-order valence-corrected chi connectivity index (χ0v) is 19.0. The lowest BCUT2D eigenvalue weighted by atomic mass is 10.1. The van der Waals surface area contributed by atoms with Crippen molar-refractivity contribution in [1.29, 1.82) is 0 Å². The van der Waals surface area contributed by atoms with E-state index in [1.165, 1.54) is 11.1 Å². The molecule has 7 heteroatoms. The number of piperazine rings is 1. The smallest absolute Gasteiger partial charge is 0.254 e. The van der Waals surface area contributed by atoms with E-state index < -0.39 is 0 Å². The van der Waals surface area contributed by atoms with Crippen LogP contribution >= 0.6 is 0 Å². The van der Waals surface area contributed by atoms with Gasteiger partial charge in [-0.1, -0.05) is 55.3 Å². The SMILES string of the molecule is CCCCNC(=NCc1ccc(C(=O)N2CCNC(=O)C2)cc1)NCc1ccc(C)cc1. The molecule has 0 saturated carbocycles. The molecule has 1 heterocycles. The van der Waals surface area contributed by atoms with Gasteiger partial charge in [0.15, 0.2) is 5.96 Å². The summed E-state index contributed by atoms with van der Waals surface area (Å²) in [5.74, 6) is 0.548. The Labute approximate surface area is 190 Å². The van der Waals surface area contributed by atoms with Crippen LogP contribution in [0.2, 0.25) is 0 Å². The Morgan fingerprint density at radius 3 is 2.47 bits per heavy atom. The van der Waals surface area contributed by atoms with Crippen molar-refractivity contribution in [3.05, 3.63) is 70.8 Å². The molecule has 1 fully saturated rings. The number of hydrogen-bond donors (Lipinski definition) is 3. The van der Waals surface area contributed by atoms with E-state index in [9.17, 15) is 9.59 Å². The number of nitrogens with one attached hydrogen (secondary N) is 3. The normalized spacial score (nSPS) is 14.1. The lowest BCUT2D eigenvalue weighted by Gasteiger charge is -2.26. The summed E-state index contributed by atoms with van der Waals surface area (Å²) in [5.41, 5.74) is 4.06. The predicted octanol–water partition coefficient (Wildman–Crippen LogP) is 2.60. The Kier molecular flexibility index (Phi) is 8.66. The molecular weight excluding hydrogens is 402 g/mol. The molecule has 2 amide bonds. The van der Waals surface area contributed by atoms with E-state index in [1.807, 2.05) is 24.3 Å². The highest BCUT2D eigenvalue weighted by atomic mass is 16.2. The van der Waals surface area contributed by atoms with E-state index >= 15 is 0 Å². The fourth-order valence-electron chi connectivity index (χ4n) is 3.37. The van der Waals surface area contributed by atoms with Crippen LogP contribution in [0, 0.1) is 6.92 Å². The maximum atomic E-state index is 12.6. The summed E-state index contributed by atoms with van der Waals surface area (Å²) < 4.78 is 0. The average molecular weight is 436 g/mol. The van der Waals surface area contributed by atoms with Crippen LogP contribution in [0.1, 0.15) is 46.8 Å². The standard InChI is InChI=1S/C25H33N5O2/c1-3-4-13-27-25(28-16-20-7-5-19(2)6-8-20)29-17-21-9-11-22(12-10-21)24(32)30-15-14-26-23(31)18-30/h5-12H,3-4,13-18H2,1-2H3,(H,26,31)(H2,27,28,29). The molecule has 3 rings (SSSR count). The van der Waals surface area contributed by atoms with Gasteiger partial charge in [-0.25, -0.2) is 4.99 Å². The third-order valence-electron chi connectivity index (χ3n) is 5.35. The van der Waals surface area contributed by atoms with Crippen LogP contribution in [0.4, 0.5) is 0 Å². The van der Waals surface area contributed by atoms with Gasteiger partial charge >= 0.3 is 0 Å². The number of aliphatic imine (C=N–C) groups is 1. The van der Waals surface area contributed by atoms with Gasteiger partial charge < -0.3 is 20.9 Å². The number of aryl methyl sites for hydroxylation is 1. The molecule has 170 valence electrons. The molecule has 0 atom stereocenters. The molecule has 0 spiro atoms. The number of rotatable bonds is 8. The third-order valence-corrected chi connectivity index (χ3v) is 5.35. The number of carbonyl (C=O) groups excluding carboxylic acids is 2. The third kappa shape index (κ3) is 7.11. The number of nitrogens with zero attached hydrogens (tertiary/aromatic N) is 2. The van der Waals surface area contributed by atoms with E-state index in [0.29, 0.717) is 31.7 Å². The molecule has 32 heavy (non-hydrogen) atoms. The first-order valence-electron chi connectivity index (χ1n) is 11.3. The Hall–Kier alpha value is -3.35. The lowest BCUT2D eigenvalue weighted by molar-refractivity contribution is -0.123. The molecule has 0 aliphatic carbocycles. The topological polar surface area (TPSA) is 85.8 Å². The van der Waals surface area contributed by atoms with Crippen molar-refractivity contribution in [2.24, 2.45) is 4.99 Å². The summed E-state index contributed by atoms with van der Waals surface area (Å²) in [6.07, 6.45) is 2.20. The number of carbonyl (C=O) groups is 2. The Morgan fingerprint density at radius 2 is 1.78 bits per heavy atom. The molecule has 0 bridgehead atoms. The lowest BCUT2D eigenvalue weighted by Crippen LogP contribution is -2.49. The first-order valence-corrected chi connectivity index (χ1v) is 11.3. The number of unbranched alkanes of at least 4 members (excludes halogenated alkanes) is 1. The molecule has 7 nitrogen and oxygen atoms in total. The largest absolute Gasteiger partial charge is 0.356 e. The van der Waals surface area contributed by atoms with Gasteiger partial charge in [0, 0.05) is 31.7 Å². The first-order chi connectivity index (χ1) is 15.5. The van der Waals surface area contributed by atoms with Crippen LogP contribution in [0.5, 0.6) is 0 Å². The second-order valence-electron chi connectivity index (χ2n) is 8.06. The van der Waals surface area contributed by atoms with E-state index in [0.717, 1.165) is 30.9 Å². The molecule has 2 aromatic rings. The van der Waals surface area contributed by atoms with Gasteiger partial charge in [0.05, 0.1) is 13.1 Å². The van der Waals surface area contributed by atoms with Gasteiger partial charge in [-0.2, -0.15) is 0 Å². The van der Waals surface area contributed by atoms with Crippen molar-refractivity contribution >= 4 is 17.8 Å². The van der Waals surface area contributed by atoms with Crippen LogP contribution in [0.25, 0.3) is 0 Å². The predicted molar refractivity (Wildman–Crippen MR) is 127 cm³/mol. The van der Waals surface area contributed by atoms with Crippen molar-refractivity contribution in [3.63, 3.8) is 0 Å². The monoisotopic (exact) mass is 435 g/mol. The van der Waals surface area contributed by atoms with Gasteiger partial charge in [-0.05, 0) is 36.6 Å². The fourth-order valence-corrected chi connectivity index (χ4v) is 3.37. The number of guanidine groups is 1. The van der Waals surface area contributed by atoms with E-state index in [2.05, 4.69) is 54.1 Å². The second kappa shape index (κ2) is 11.9. The zero-order valence-electron chi connectivity index (χ0n) is 19.0. The van der Waals surface area contributed by atoms with Crippen LogP contribution in [0.15, 0.2) is 53.5 Å². The van der Waals surface area contributed by atoms with E-state index in [4.69, 9.17) is 4.99 Å². The molecule has 1 aliphatic heterocycles. The summed E-state index contributed by atoms with van der Waals surface area (Å²) in [5, 5.41) is 9.53. The highest BCUT2D eigenvalue weighted by Crippen LogP contribution is 2.10. The van der Waals surface area contributed by atoms with Crippen molar-refractivity contribution in [3.8, 4) is 0 Å². The van der Waals surface area contributed by atoms with Gasteiger partial charge in [-0.15, -0.1) is 0 Å². The van der Waals surface area contributed by atoms with Gasteiger partial charge in [0.2, 0.25) is 5.91 Å². The van der Waals surface area contributed by atoms with Crippen molar-refractivity contribution in [1.82, 2.24) is 20.9 Å². The van der Waals surface area contributed by atoms with Crippen molar-refractivity contribution in [2.45, 2.75) is 39.8 Å². The van der Waals surface area contributed by atoms with Crippen LogP contribution in [-0.2, 0) is 17.9 Å². The zero-order chi connectivity index (χ0) is 22.8. The Balaban J connectivity index is 1.59. The number of hydrogen-bond acceptors (Lipinski definition) is 3. The molecule has 0 aromatic heterocycles. The molecule has 1 aliphatic rings. The molecule has 0 radical (unpaired) electrons. The van der Waals surface area contributed by atoms with Gasteiger partial charge in [0.1, 0.15) is 0 Å². The minimum Gasteiger partial charge on any atom is -0.356 e. The Morgan fingerprint density at radius 1 is 1.06 bits per heavy atom. The quantitative estimate of drug-likeness (QED) is 0.338. The minimum absolute atomic E-state index is 0.114. The summed E-state index contributed by atoms with van der Waals surface area (Å²) in [4.78, 5) is 30.4. The summed E-state index contributed by atoms with van der Waals surface area (Å²) in [6, 6.07) is 15.9. The number of amides is 2. The summed E-state index contributed by atoms with van der Waals surface area (Å²) in [6.45, 7) is 7.48. The van der Waals surface area contributed by atoms with Crippen molar-refractivity contribution < 1.29 is 9.59 Å². The first kappa shape index (κ1) is 23.3. The van der Waals surface area contributed by atoms with Gasteiger partial charge in [-0.3, -0.25) is 9.59 Å². The molecular formula is C25H33N5O2. The van der Waals surface area contributed by atoms with E-state index in [-0.39, 0.29) is 18.4 Å². The fraction of sp³-hybridized carbons (Fsp3) is 0.400. The van der Waals surface area contributed by atoms with Crippen LogP contribution < -0.4 is 16.0 Å². The molecule has 0 unspecified atom stereocenters. The Bertz CT molecular complexity index is 922. The maximum Gasteiger partial charge on any atom is 0.254 e. The van der Waals surface area contributed by atoms with E-state index in [1.54, 1.807) is 4.90 Å².